The van der Waals surface area contributed by atoms with Crippen LogP contribution in [-0.2, 0) is 12.5 Å². The Morgan fingerprint density at radius 1 is 0.810 bits per heavy atom. The number of aromatic nitrogens is 4. The van der Waals surface area contributed by atoms with Crippen LogP contribution < -0.4 is 9.30 Å². The minimum Gasteiger partial charge on any atom is -0.458 e. The molecule has 5 heteroatoms. The zero-order valence-corrected chi connectivity index (χ0v) is 24.2. The van der Waals surface area contributed by atoms with Crippen molar-refractivity contribution >= 4 is 38.5 Å². The Morgan fingerprint density at radius 2 is 1.60 bits per heavy atom. The number of ether oxygens (including phenoxy) is 1. The Kier molecular flexibility index (Phi) is 6.16. The van der Waals surface area contributed by atoms with Gasteiger partial charge in [0, 0.05) is 23.0 Å². The molecule has 0 bridgehead atoms. The maximum absolute atomic E-state index is 6.57. The first-order valence-corrected chi connectivity index (χ1v) is 14.2. The van der Waals surface area contributed by atoms with Gasteiger partial charge in [0.1, 0.15) is 17.3 Å². The predicted molar refractivity (Wildman–Crippen MR) is 170 cm³/mol. The Morgan fingerprint density at radius 3 is 2.45 bits per heavy atom. The fraction of sp³-hybridized carbons (Fsp3) is 0.135. The summed E-state index contributed by atoms with van der Waals surface area (Å²) < 4.78 is 12.9. The number of benzene rings is 3. The SMILES string of the molecule is Cn1[c-][n+](C2=CC(Oc3ccc4c5ccccc5n(-c5cc(C(C)(C)C)ccn5)c4c3)=CC=CC=C2)c2ccccc21. The second kappa shape index (κ2) is 10.0. The molecule has 5 nitrogen and oxygen atoms in total. The molecule has 3 aromatic carbocycles. The third kappa shape index (κ3) is 4.53. The van der Waals surface area contributed by atoms with Crippen molar-refractivity contribution in [3.8, 4) is 11.6 Å². The van der Waals surface area contributed by atoms with E-state index in [-0.39, 0.29) is 5.41 Å². The summed E-state index contributed by atoms with van der Waals surface area (Å²) in [5, 5.41) is 2.35. The molecule has 1 aliphatic rings. The fourth-order valence-corrected chi connectivity index (χ4v) is 5.61. The molecule has 0 saturated carbocycles. The molecule has 0 aliphatic heterocycles. The topological polar surface area (TPSA) is 35.9 Å². The molecule has 0 spiro atoms. The molecule has 0 saturated heterocycles. The number of nitrogens with zero attached hydrogens (tertiary/aromatic N) is 4. The van der Waals surface area contributed by atoms with Crippen LogP contribution in [0, 0.1) is 6.33 Å². The van der Waals surface area contributed by atoms with Crippen molar-refractivity contribution in [3.63, 3.8) is 0 Å². The third-order valence-corrected chi connectivity index (χ3v) is 7.75. The largest absolute Gasteiger partial charge is 0.458 e. The van der Waals surface area contributed by atoms with E-state index in [4.69, 9.17) is 9.72 Å². The first kappa shape index (κ1) is 25.8. The second-order valence-corrected chi connectivity index (χ2v) is 11.7. The molecule has 6 aromatic rings. The van der Waals surface area contributed by atoms with E-state index in [0.717, 1.165) is 50.5 Å². The Balaban J connectivity index is 1.34. The first-order chi connectivity index (χ1) is 20.4. The molecule has 3 aromatic heterocycles. The van der Waals surface area contributed by atoms with Gasteiger partial charge in [-0.15, -0.1) is 0 Å². The highest BCUT2D eigenvalue weighted by Crippen LogP contribution is 2.35. The highest BCUT2D eigenvalue weighted by Gasteiger charge is 2.18. The maximum Gasteiger partial charge on any atom is 0.244 e. The zero-order valence-electron chi connectivity index (χ0n) is 24.2. The summed E-state index contributed by atoms with van der Waals surface area (Å²) in [5.74, 6) is 2.38. The van der Waals surface area contributed by atoms with Crippen LogP contribution in [0.3, 0.4) is 0 Å². The minimum atomic E-state index is 0.0148. The van der Waals surface area contributed by atoms with Gasteiger partial charge in [0.05, 0.1) is 34.8 Å². The molecule has 206 valence electrons. The van der Waals surface area contributed by atoms with Crippen molar-refractivity contribution in [2.75, 3.05) is 0 Å². The molecular weight excluding hydrogens is 516 g/mol. The summed E-state index contributed by atoms with van der Waals surface area (Å²) in [6.07, 6.45) is 17.5. The van der Waals surface area contributed by atoms with Gasteiger partial charge in [-0.05, 0) is 53.5 Å². The number of allylic oxidation sites excluding steroid dienone is 7. The number of imidazole rings is 1. The van der Waals surface area contributed by atoms with Gasteiger partial charge in [0.25, 0.3) is 0 Å². The van der Waals surface area contributed by atoms with Crippen molar-refractivity contribution < 1.29 is 9.30 Å². The monoisotopic (exact) mass is 548 g/mol. The highest BCUT2D eigenvalue weighted by molar-refractivity contribution is 6.09. The molecule has 0 unspecified atom stereocenters. The number of para-hydroxylation sites is 3. The molecule has 0 atom stereocenters. The number of rotatable bonds is 4. The van der Waals surface area contributed by atoms with E-state index in [1.54, 1.807) is 0 Å². The van der Waals surface area contributed by atoms with Crippen LogP contribution in [0.1, 0.15) is 26.3 Å². The summed E-state index contributed by atoms with van der Waals surface area (Å²) in [4.78, 5) is 4.81. The van der Waals surface area contributed by atoms with Crippen molar-refractivity contribution in [1.29, 1.82) is 0 Å². The average Bonchev–Trinajstić information content (AvgIpc) is 3.48. The zero-order chi connectivity index (χ0) is 28.8. The average molecular weight is 549 g/mol. The van der Waals surface area contributed by atoms with Gasteiger partial charge in [-0.2, -0.15) is 0 Å². The van der Waals surface area contributed by atoms with E-state index in [9.17, 15) is 0 Å². The Hall–Kier alpha value is -5.16. The number of aryl methyl sites for hydroxylation is 1. The summed E-state index contributed by atoms with van der Waals surface area (Å²) in [7, 11) is 2.01. The van der Waals surface area contributed by atoms with Crippen molar-refractivity contribution in [2.45, 2.75) is 26.2 Å². The number of fused-ring (bicyclic) bond motifs is 4. The summed E-state index contributed by atoms with van der Waals surface area (Å²) in [6.45, 7) is 6.69. The Labute approximate surface area is 245 Å². The van der Waals surface area contributed by atoms with Crippen LogP contribution in [0.4, 0.5) is 0 Å². The van der Waals surface area contributed by atoms with Crippen LogP contribution in [0.5, 0.6) is 5.75 Å². The van der Waals surface area contributed by atoms with Gasteiger partial charge in [0.2, 0.25) is 6.33 Å². The lowest BCUT2D eigenvalue weighted by atomic mass is 9.88. The molecule has 7 rings (SSSR count). The van der Waals surface area contributed by atoms with Gasteiger partial charge < -0.3 is 13.9 Å². The summed E-state index contributed by atoms with van der Waals surface area (Å²) in [6, 6.07) is 27.4. The molecular formula is C37H32N4O. The summed E-state index contributed by atoms with van der Waals surface area (Å²) in [5.41, 5.74) is 6.57. The molecule has 3 heterocycles. The number of hydrogen-bond donors (Lipinski definition) is 0. The standard InChI is InChI=1S/C37H32N4O/c1-37(2,3)26-20-21-38-36(22-26)41-32-15-9-8-14-30(32)31-19-18-29(24-35(31)41)42-28-13-7-5-6-12-27(23-28)40-25-39(4)33-16-10-11-17-34(33)40/h5-24H,1-4H3. The minimum absolute atomic E-state index is 0.0148. The lowest BCUT2D eigenvalue weighted by molar-refractivity contribution is -0.555. The quantitative estimate of drug-likeness (QED) is 0.165. The maximum atomic E-state index is 6.57. The van der Waals surface area contributed by atoms with Crippen molar-refractivity contribution in [3.05, 3.63) is 139 Å². The third-order valence-electron chi connectivity index (χ3n) is 7.75. The highest BCUT2D eigenvalue weighted by atomic mass is 16.5. The molecule has 1 aliphatic carbocycles. The van der Waals surface area contributed by atoms with Crippen LogP contribution >= 0.6 is 0 Å². The number of hydrogen-bond acceptors (Lipinski definition) is 2. The van der Waals surface area contributed by atoms with Gasteiger partial charge in [0.15, 0.2) is 0 Å². The van der Waals surface area contributed by atoms with Gasteiger partial charge in [-0.25, -0.2) is 4.98 Å². The van der Waals surface area contributed by atoms with Crippen molar-refractivity contribution in [1.82, 2.24) is 14.1 Å². The van der Waals surface area contributed by atoms with Gasteiger partial charge in [-0.1, -0.05) is 87.5 Å². The van der Waals surface area contributed by atoms with Crippen molar-refractivity contribution in [2.24, 2.45) is 7.05 Å². The normalized spacial score (nSPS) is 13.8. The van der Waals surface area contributed by atoms with E-state index >= 15 is 0 Å². The van der Waals surface area contributed by atoms with Crippen LogP contribution in [0.25, 0.3) is 44.4 Å². The van der Waals surface area contributed by atoms with E-state index in [2.05, 4.69) is 109 Å². The molecule has 0 amide bonds. The fourth-order valence-electron chi connectivity index (χ4n) is 5.61. The molecule has 0 N–H and O–H groups in total. The molecule has 42 heavy (non-hydrogen) atoms. The Bertz CT molecular complexity index is 2110. The summed E-state index contributed by atoms with van der Waals surface area (Å²) >= 11 is 0. The van der Waals surface area contributed by atoms with E-state index in [0.29, 0.717) is 0 Å². The van der Waals surface area contributed by atoms with E-state index in [1.165, 1.54) is 10.9 Å². The van der Waals surface area contributed by atoms with Gasteiger partial charge >= 0.3 is 0 Å². The van der Waals surface area contributed by atoms with Crippen LogP contribution in [-0.4, -0.2) is 14.1 Å². The lowest BCUT2D eigenvalue weighted by Crippen LogP contribution is -2.30. The lowest BCUT2D eigenvalue weighted by Gasteiger charge is -2.20. The van der Waals surface area contributed by atoms with Gasteiger partial charge in [-0.3, -0.25) is 4.57 Å². The second-order valence-electron chi connectivity index (χ2n) is 11.7. The molecule has 0 radical (unpaired) electrons. The first-order valence-electron chi connectivity index (χ1n) is 14.2. The van der Waals surface area contributed by atoms with Crippen LogP contribution in [0.2, 0.25) is 0 Å². The molecule has 0 fully saturated rings. The smallest absolute Gasteiger partial charge is 0.244 e. The number of pyridine rings is 1. The van der Waals surface area contributed by atoms with Crippen LogP contribution in [0.15, 0.2) is 127 Å². The van der Waals surface area contributed by atoms with E-state index < -0.39 is 0 Å². The predicted octanol–water partition coefficient (Wildman–Crippen LogP) is 7.99. The van der Waals surface area contributed by atoms with E-state index in [1.807, 2.05) is 60.3 Å².